The van der Waals surface area contributed by atoms with Gasteiger partial charge in [0.25, 0.3) is 10.0 Å². The molecular weight excluding hydrogens is 338 g/mol. The molecule has 0 saturated heterocycles. The molecule has 7 nitrogen and oxygen atoms in total. The van der Waals surface area contributed by atoms with Crippen molar-refractivity contribution in [3.63, 3.8) is 0 Å². The molecule has 0 unspecified atom stereocenters. The first-order chi connectivity index (χ1) is 9.98. The molecule has 3 rings (SSSR count). The highest BCUT2D eigenvalue weighted by Gasteiger charge is 2.17. The molecule has 0 saturated carbocycles. The van der Waals surface area contributed by atoms with E-state index in [4.69, 9.17) is 16.0 Å². The van der Waals surface area contributed by atoms with Crippen molar-refractivity contribution >= 4 is 49.2 Å². The highest BCUT2D eigenvalue weighted by atomic mass is 35.5. The standard InChI is InChI=1S/C11H8ClN3O4S2/c12-4-6-5-20-10(13-6)15-21(17,18)7-1-2-8-9(3-7)19-11(16)14-8/h1-3,5H,4H2,(H,13,15)(H,14,16). The maximum atomic E-state index is 12.2. The predicted octanol–water partition coefficient (Wildman–Crippen LogP) is 2.12. The predicted molar refractivity (Wildman–Crippen MR) is 79.3 cm³/mol. The van der Waals surface area contributed by atoms with Crippen molar-refractivity contribution in [2.24, 2.45) is 0 Å². The number of benzene rings is 1. The molecular formula is C11H8ClN3O4S2. The second-order valence-electron chi connectivity index (χ2n) is 4.06. The molecule has 10 heteroatoms. The lowest BCUT2D eigenvalue weighted by atomic mass is 10.3. The second-order valence-corrected chi connectivity index (χ2v) is 6.86. The first-order valence-electron chi connectivity index (χ1n) is 5.64. The van der Waals surface area contributed by atoms with Crippen molar-refractivity contribution in [1.82, 2.24) is 9.97 Å². The van der Waals surface area contributed by atoms with Crippen LogP contribution in [0.3, 0.4) is 0 Å². The van der Waals surface area contributed by atoms with E-state index in [1.54, 1.807) is 5.38 Å². The maximum Gasteiger partial charge on any atom is 0.417 e. The van der Waals surface area contributed by atoms with Gasteiger partial charge in [0.1, 0.15) is 0 Å². The summed E-state index contributed by atoms with van der Waals surface area (Å²) in [5.41, 5.74) is 1.19. The summed E-state index contributed by atoms with van der Waals surface area (Å²) in [4.78, 5) is 17.5. The number of rotatable bonds is 4. The number of sulfonamides is 1. The van der Waals surface area contributed by atoms with E-state index < -0.39 is 15.8 Å². The lowest BCUT2D eigenvalue weighted by Gasteiger charge is -2.04. The number of fused-ring (bicyclic) bond motifs is 1. The Balaban J connectivity index is 1.96. The van der Waals surface area contributed by atoms with Crippen LogP contribution >= 0.6 is 22.9 Å². The van der Waals surface area contributed by atoms with Gasteiger partial charge >= 0.3 is 5.76 Å². The fourth-order valence-corrected chi connectivity index (χ4v) is 3.89. The summed E-state index contributed by atoms with van der Waals surface area (Å²) in [6.07, 6.45) is 0. The topological polar surface area (TPSA) is 105 Å². The summed E-state index contributed by atoms with van der Waals surface area (Å²) in [6, 6.07) is 4.10. The van der Waals surface area contributed by atoms with Crippen molar-refractivity contribution in [3.8, 4) is 0 Å². The Morgan fingerprint density at radius 1 is 1.43 bits per heavy atom. The average Bonchev–Trinajstić information content (AvgIpc) is 3.02. The molecule has 110 valence electrons. The number of aromatic amines is 1. The number of oxazole rings is 1. The summed E-state index contributed by atoms with van der Waals surface area (Å²) in [6.45, 7) is 0. The van der Waals surface area contributed by atoms with Gasteiger partial charge in [0, 0.05) is 11.4 Å². The Kier molecular flexibility index (Phi) is 3.47. The molecule has 0 aliphatic carbocycles. The molecule has 2 aromatic heterocycles. The number of hydrogen-bond donors (Lipinski definition) is 2. The maximum absolute atomic E-state index is 12.2. The average molecular weight is 346 g/mol. The van der Waals surface area contributed by atoms with E-state index >= 15 is 0 Å². The SMILES string of the molecule is O=c1[nH]c2ccc(S(=O)(=O)Nc3nc(CCl)cs3)cc2o1. The summed E-state index contributed by atoms with van der Waals surface area (Å²) in [7, 11) is -3.81. The number of nitrogens with zero attached hydrogens (tertiary/aromatic N) is 1. The zero-order valence-electron chi connectivity index (χ0n) is 10.3. The minimum atomic E-state index is -3.81. The van der Waals surface area contributed by atoms with Gasteiger partial charge in [-0.25, -0.2) is 18.2 Å². The van der Waals surface area contributed by atoms with Crippen molar-refractivity contribution < 1.29 is 12.8 Å². The molecule has 21 heavy (non-hydrogen) atoms. The monoisotopic (exact) mass is 345 g/mol. The molecule has 2 heterocycles. The van der Waals surface area contributed by atoms with Gasteiger partial charge in [0.2, 0.25) is 0 Å². The van der Waals surface area contributed by atoms with E-state index in [0.717, 1.165) is 11.3 Å². The van der Waals surface area contributed by atoms with Gasteiger partial charge in [0.15, 0.2) is 10.7 Å². The first kappa shape index (κ1) is 14.1. The van der Waals surface area contributed by atoms with E-state index in [0.29, 0.717) is 11.2 Å². The van der Waals surface area contributed by atoms with Gasteiger partial charge in [-0.2, -0.15) is 0 Å². The largest absolute Gasteiger partial charge is 0.417 e. The van der Waals surface area contributed by atoms with Crippen LogP contribution in [0.15, 0.2) is 37.7 Å². The number of thiazole rings is 1. The van der Waals surface area contributed by atoms with E-state index in [1.165, 1.54) is 18.2 Å². The molecule has 0 aliphatic heterocycles. The molecule has 0 atom stereocenters. The molecule has 0 bridgehead atoms. The highest BCUT2D eigenvalue weighted by molar-refractivity contribution is 7.93. The third-order valence-electron chi connectivity index (χ3n) is 2.61. The smallest absolute Gasteiger partial charge is 0.408 e. The minimum absolute atomic E-state index is 0.0274. The molecule has 0 aliphatic rings. The van der Waals surface area contributed by atoms with Gasteiger partial charge in [0.05, 0.1) is 22.0 Å². The number of H-pyrrole nitrogens is 1. The van der Waals surface area contributed by atoms with Crippen LogP contribution in [0.1, 0.15) is 5.69 Å². The van der Waals surface area contributed by atoms with Crippen LogP contribution in [0, 0.1) is 0 Å². The number of alkyl halides is 1. The van der Waals surface area contributed by atoms with Gasteiger partial charge in [-0.1, -0.05) is 0 Å². The normalized spacial score (nSPS) is 11.9. The Hall–Kier alpha value is -1.84. The molecule has 0 fully saturated rings. The summed E-state index contributed by atoms with van der Waals surface area (Å²) in [5, 5.41) is 1.89. The molecule has 3 aromatic rings. The lowest BCUT2D eigenvalue weighted by molar-refractivity contribution is 0.554. The van der Waals surface area contributed by atoms with Crippen molar-refractivity contribution in [2.45, 2.75) is 10.8 Å². The molecule has 1 aromatic carbocycles. The number of nitrogens with one attached hydrogen (secondary N) is 2. The van der Waals surface area contributed by atoms with Gasteiger partial charge in [-0.3, -0.25) is 9.71 Å². The Labute approximate surface area is 127 Å². The zero-order chi connectivity index (χ0) is 15.0. The zero-order valence-corrected chi connectivity index (χ0v) is 12.7. The third-order valence-corrected chi connectivity index (χ3v) is 5.16. The van der Waals surface area contributed by atoms with Crippen molar-refractivity contribution in [3.05, 3.63) is 39.8 Å². The van der Waals surface area contributed by atoms with Crippen molar-refractivity contribution in [1.29, 1.82) is 0 Å². The fraction of sp³-hybridized carbons (Fsp3) is 0.0909. The Bertz CT molecular complexity index is 957. The quantitative estimate of drug-likeness (QED) is 0.704. The number of anilines is 1. The van der Waals surface area contributed by atoms with Crippen LogP contribution in [0.4, 0.5) is 5.13 Å². The van der Waals surface area contributed by atoms with Gasteiger partial charge < -0.3 is 4.42 Å². The van der Waals surface area contributed by atoms with E-state index in [9.17, 15) is 13.2 Å². The lowest BCUT2D eigenvalue weighted by Crippen LogP contribution is -2.12. The van der Waals surface area contributed by atoms with Crippen LogP contribution in [0.25, 0.3) is 11.1 Å². The van der Waals surface area contributed by atoms with Gasteiger partial charge in [-0.15, -0.1) is 22.9 Å². The third kappa shape index (κ3) is 2.80. The van der Waals surface area contributed by atoms with Crippen LogP contribution < -0.4 is 10.5 Å². The highest BCUT2D eigenvalue weighted by Crippen LogP contribution is 2.22. The van der Waals surface area contributed by atoms with Crippen LogP contribution in [-0.2, 0) is 15.9 Å². The number of aromatic nitrogens is 2. The van der Waals surface area contributed by atoms with Crippen LogP contribution in [-0.4, -0.2) is 18.4 Å². The Morgan fingerprint density at radius 3 is 2.95 bits per heavy atom. The van der Waals surface area contributed by atoms with E-state index in [2.05, 4.69) is 14.7 Å². The molecule has 0 radical (unpaired) electrons. The van der Waals surface area contributed by atoms with Crippen LogP contribution in [0.2, 0.25) is 0 Å². The number of hydrogen-bond acceptors (Lipinski definition) is 6. The summed E-state index contributed by atoms with van der Waals surface area (Å²) in [5.74, 6) is -0.433. The fourth-order valence-electron chi connectivity index (χ4n) is 1.68. The Morgan fingerprint density at radius 2 is 2.24 bits per heavy atom. The number of halogens is 1. The summed E-state index contributed by atoms with van der Waals surface area (Å²) >= 11 is 6.76. The minimum Gasteiger partial charge on any atom is -0.408 e. The molecule has 0 spiro atoms. The molecule has 0 amide bonds. The molecule has 2 N–H and O–H groups in total. The second kappa shape index (κ2) is 5.17. The summed E-state index contributed by atoms with van der Waals surface area (Å²) < 4.78 is 31.7. The van der Waals surface area contributed by atoms with E-state index in [1.807, 2.05) is 0 Å². The van der Waals surface area contributed by atoms with Gasteiger partial charge in [-0.05, 0) is 12.1 Å². The van der Waals surface area contributed by atoms with Crippen LogP contribution in [0.5, 0.6) is 0 Å². The van der Waals surface area contributed by atoms with Crippen molar-refractivity contribution in [2.75, 3.05) is 4.72 Å². The van der Waals surface area contributed by atoms with E-state index in [-0.39, 0.29) is 21.5 Å². The first-order valence-corrected chi connectivity index (χ1v) is 8.54.